The van der Waals surface area contributed by atoms with Gasteiger partial charge in [-0.2, -0.15) is 4.98 Å². The number of anilines is 1. The molecule has 0 aliphatic heterocycles. The fourth-order valence-electron chi connectivity index (χ4n) is 2.56. The summed E-state index contributed by atoms with van der Waals surface area (Å²) >= 11 is 6.13. The number of methoxy groups -OCH3 is 3. The number of aryl methyl sites for hydroxylation is 1. The van der Waals surface area contributed by atoms with Gasteiger partial charge in [-0.3, -0.25) is 0 Å². The first kappa shape index (κ1) is 18.8. The quantitative estimate of drug-likeness (QED) is 0.644. The number of nitrogens with one attached hydrogen (secondary N) is 1. The van der Waals surface area contributed by atoms with Gasteiger partial charge in [-0.05, 0) is 36.8 Å². The zero-order valence-electron chi connectivity index (χ0n) is 15.5. The van der Waals surface area contributed by atoms with Gasteiger partial charge in [-0.15, -0.1) is 0 Å². The molecule has 0 fully saturated rings. The SMILES string of the molecule is COc1cc(Cl)c(C)cc1NCc1nc(-c2ccc(OC)c(OC)c2)no1. The molecule has 8 heteroatoms. The molecular weight excluding hydrogens is 370 g/mol. The van der Waals surface area contributed by atoms with E-state index < -0.39 is 0 Å². The van der Waals surface area contributed by atoms with Crippen molar-refractivity contribution < 1.29 is 18.7 Å². The van der Waals surface area contributed by atoms with Gasteiger partial charge in [0.2, 0.25) is 11.7 Å². The number of rotatable bonds is 7. The minimum absolute atomic E-state index is 0.345. The van der Waals surface area contributed by atoms with Gasteiger partial charge in [0.1, 0.15) is 5.75 Å². The second kappa shape index (κ2) is 8.18. The molecule has 0 unspecified atom stereocenters. The van der Waals surface area contributed by atoms with Crippen LogP contribution in [0.1, 0.15) is 11.5 Å². The van der Waals surface area contributed by atoms with Gasteiger partial charge in [0.25, 0.3) is 0 Å². The average molecular weight is 390 g/mol. The number of benzene rings is 2. The maximum absolute atomic E-state index is 6.13. The average Bonchev–Trinajstić information content (AvgIpc) is 3.17. The van der Waals surface area contributed by atoms with Crippen molar-refractivity contribution in [1.29, 1.82) is 0 Å². The third-order valence-electron chi connectivity index (χ3n) is 4.02. The predicted molar refractivity (Wildman–Crippen MR) is 103 cm³/mol. The van der Waals surface area contributed by atoms with Crippen molar-refractivity contribution >= 4 is 17.3 Å². The van der Waals surface area contributed by atoms with Gasteiger partial charge in [-0.1, -0.05) is 16.8 Å². The smallest absolute Gasteiger partial charge is 0.246 e. The molecule has 1 aromatic heterocycles. The van der Waals surface area contributed by atoms with Gasteiger partial charge in [0, 0.05) is 16.7 Å². The molecule has 1 heterocycles. The Hall–Kier alpha value is -2.93. The molecule has 0 aliphatic rings. The molecule has 3 aromatic rings. The summed E-state index contributed by atoms with van der Waals surface area (Å²) in [6.07, 6.45) is 0. The van der Waals surface area contributed by atoms with E-state index in [1.165, 1.54) is 0 Å². The van der Waals surface area contributed by atoms with Crippen molar-refractivity contribution in [2.24, 2.45) is 0 Å². The molecule has 0 radical (unpaired) electrons. The van der Waals surface area contributed by atoms with Crippen molar-refractivity contribution in [1.82, 2.24) is 10.1 Å². The summed E-state index contributed by atoms with van der Waals surface area (Å²) in [5.74, 6) is 2.78. The number of aromatic nitrogens is 2. The van der Waals surface area contributed by atoms with Crippen LogP contribution in [0.4, 0.5) is 5.69 Å². The van der Waals surface area contributed by atoms with Crippen LogP contribution in [0.3, 0.4) is 0 Å². The van der Waals surface area contributed by atoms with Crippen LogP contribution in [0, 0.1) is 6.92 Å². The molecule has 0 spiro atoms. The summed E-state index contributed by atoms with van der Waals surface area (Å²) in [5.41, 5.74) is 2.50. The third-order valence-corrected chi connectivity index (χ3v) is 4.43. The van der Waals surface area contributed by atoms with E-state index in [0.717, 1.165) is 16.8 Å². The molecule has 3 rings (SSSR count). The van der Waals surface area contributed by atoms with E-state index in [4.69, 9.17) is 30.3 Å². The lowest BCUT2D eigenvalue weighted by atomic mass is 10.2. The fourth-order valence-corrected chi connectivity index (χ4v) is 2.71. The number of hydrogen-bond donors (Lipinski definition) is 1. The summed E-state index contributed by atoms with van der Waals surface area (Å²) < 4.78 is 21.2. The van der Waals surface area contributed by atoms with Crippen LogP contribution in [-0.2, 0) is 6.54 Å². The summed E-state index contributed by atoms with van der Waals surface area (Å²) in [4.78, 5) is 4.42. The molecule has 0 amide bonds. The Labute approximate surface area is 162 Å². The van der Waals surface area contributed by atoms with E-state index in [1.807, 2.05) is 19.1 Å². The minimum atomic E-state index is 0.345. The molecule has 1 N–H and O–H groups in total. The standard InChI is InChI=1S/C19H20ClN3O4/c1-11-7-14(16(25-3)9-13(11)20)21-10-18-22-19(23-27-18)12-5-6-15(24-2)17(8-12)26-4/h5-9,21H,10H2,1-4H3. The van der Waals surface area contributed by atoms with E-state index in [9.17, 15) is 0 Å². The highest BCUT2D eigenvalue weighted by atomic mass is 35.5. The van der Waals surface area contributed by atoms with Crippen molar-refractivity contribution in [3.05, 3.63) is 46.8 Å². The molecule has 0 bridgehead atoms. The Morgan fingerprint density at radius 3 is 2.44 bits per heavy atom. The van der Waals surface area contributed by atoms with Crippen molar-refractivity contribution in [3.8, 4) is 28.6 Å². The van der Waals surface area contributed by atoms with Gasteiger partial charge in [-0.25, -0.2) is 0 Å². The van der Waals surface area contributed by atoms with Crippen molar-refractivity contribution in [2.45, 2.75) is 13.5 Å². The normalized spacial score (nSPS) is 10.6. The summed E-state index contributed by atoms with van der Waals surface area (Å²) in [5, 5.41) is 7.90. The number of hydrogen-bond acceptors (Lipinski definition) is 7. The molecule has 142 valence electrons. The second-order valence-corrected chi connectivity index (χ2v) is 6.14. The Kier molecular flexibility index (Phi) is 5.71. The van der Waals surface area contributed by atoms with Crippen molar-refractivity contribution in [2.75, 3.05) is 26.6 Å². The zero-order valence-corrected chi connectivity index (χ0v) is 16.3. The Bertz CT molecular complexity index is 943. The highest BCUT2D eigenvalue weighted by molar-refractivity contribution is 6.31. The third kappa shape index (κ3) is 4.09. The van der Waals surface area contributed by atoms with E-state index in [-0.39, 0.29) is 0 Å². The molecule has 0 aliphatic carbocycles. The predicted octanol–water partition coefficient (Wildman–Crippen LogP) is 4.34. The first-order chi connectivity index (χ1) is 13.0. The highest BCUT2D eigenvalue weighted by Gasteiger charge is 2.13. The first-order valence-corrected chi connectivity index (χ1v) is 8.56. The Morgan fingerprint density at radius 2 is 1.74 bits per heavy atom. The van der Waals surface area contributed by atoms with Crippen LogP contribution in [0.15, 0.2) is 34.9 Å². The van der Waals surface area contributed by atoms with Gasteiger partial charge >= 0.3 is 0 Å². The maximum Gasteiger partial charge on any atom is 0.246 e. The topological polar surface area (TPSA) is 78.6 Å². The molecular formula is C19H20ClN3O4. The van der Waals surface area contributed by atoms with Crippen molar-refractivity contribution in [3.63, 3.8) is 0 Å². The van der Waals surface area contributed by atoms with Crippen LogP contribution in [0.5, 0.6) is 17.2 Å². The molecule has 0 saturated carbocycles. The monoisotopic (exact) mass is 389 g/mol. The van der Waals surface area contributed by atoms with E-state index in [1.54, 1.807) is 39.5 Å². The largest absolute Gasteiger partial charge is 0.495 e. The van der Waals surface area contributed by atoms with Crippen LogP contribution in [0.25, 0.3) is 11.4 Å². The van der Waals surface area contributed by atoms with E-state index >= 15 is 0 Å². The number of nitrogens with zero attached hydrogens (tertiary/aromatic N) is 2. The maximum atomic E-state index is 6.13. The Morgan fingerprint density at radius 1 is 1.00 bits per heavy atom. The molecule has 0 atom stereocenters. The fraction of sp³-hybridized carbons (Fsp3) is 0.263. The van der Waals surface area contributed by atoms with Gasteiger partial charge in [0.05, 0.1) is 33.6 Å². The molecule has 2 aromatic carbocycles. The van der Waals surface area contributed by atoms with E-state index in [0.29, 0.717) is 40.5 Å². The van der Waals surface area contributed by atoms with Crippen LogP contribution < -0.4 is 19.5 Å². The molecule has 0 saturated heterocycles. The number of ether oxygens (including phenoxy) is 3. The van der Waals surface area contributed by atoms with Crippen LogP contribution in [0.2, 0.25) is 5.02 Å². The van der Waals surface area contributed by atoms with Crippen LogP contribution >= 0.6 is 11.6 Å². The van der Waals surface area contributed by atoms with E-state index in [2.05, 4.69) is 15.5 Å². The lowest BCUT2D eigenvalue weighted by Gasteiger charge is -2.11. The first-order valence-electron chi connectivity index (χ1n) is 8.18. The lowest BCUT2D eigenvalue weighted by Crippen LogP contribution is -2.02. The summed E-state index contributed by atoms with van der Waals surface area (Å²) in [6, 6.07) is 9.11. The number of halogens is 1. The second-order valence-electron chi connectivity index (χ2n) is 5.74. The molecule has 7 nitrogen and oxygen atoms in total. The molecule has 27 heavy (non-hydrogen) atoms. The summed E-state index contributed by atoms with van der Waals surface area (Å²) in [7, 11) is 4.76. The highest BCUT2D eigenvalue weighted by Crippen LogP contribution is 2.32. The summed E-state index contributed by atoms with van der Waals surface area (Å²) in [6.45, 7) is 2.27. The minimum Gasteiger partial charge on any atom is -0.495 e. The van der Waals surface area contributed by atoms with Crippen LogP contribution in [-0.4, -0.2) is 31.5 Å². The van der Waals surface area contributed by atoms with Gasteiger partial charge in [0.15, 0.2) is 11.5 Å². The lowest BCUT2D eigenvalue weighted by molar-refractivity contribution is 0.355. The Balaban J connectivity index is 1.76. The van der Waals surface area contributed by atoms with Gasteiger partial charge < -0.3 is 24.1 Å². The zero-order chi connectivity index (χ0) is 19.4.